The van der Waals surface area contributed by atoms with Crippen LogP contribution in [-0.2, 0) is 9.59 Å². The Morgan fingerprint density at radius 3 is 2.38 bits per heavy atom. The summed E-state index contributed by atoms with van der Waals surface area (Å²) < 4.78 is 0. The van der Waals surface area contributed by atoms with E-state index in [1.807, 2.05) is 5.18 Å². The molecular weight excluding hydrogens is 110 g/mol. The third-order valence-electron chi connectivity index (χ3n) is 0.684. The van der Waals surface area contributed by atoms with E-state index in [1.165, 1.54) is 6.92 Å². The minimum absolute atomic E-state index is 0.379. The van der Waals surface area contributed by atoms with Gasteiger partial charge < -0.3 is 4.79 Å². The van der Waals surface area contributed by atoms with Gasteiger partial charge in [-0.15, -0.1) is 4.91 Å². The van der Waals surface area contributed by atoms with Gasteiger partial charge in [0.1, 0.15) is 6.29 Å². The lowest BCUT2D eigenvalue weighted by molar-refractivity contribution is -0.125. The number of aldehydes is 1. The number of carbonyl (C=O) groups excluding carboxylic acids is 2. The number of carbonyl (C=O) groups is 2. The fourth-order valence-electron chi connectivity index (χ4n) is 0.141. The predicted molar refractivity (Wildman–Crippen MR) is 26.0 cm³/mol. The van der Waals surface area contributed by atoms with E-state index in [2.05, 4.69) is 0 Å². The highest BCUT2D eigenvalue weighted by Crippen LogP contribution is 1.90. The highest BCUT2D eigenvalue weighted by Gasteiger charge is 2.09. The second-order valence-corrected chi connectivity index (χ2v) is 1.35. The number of hydrogen-bond donors (Lipinski definition) is 0. The van der Waals surface area contributed by atoms with Crippen LogP contribution in [0, 0.1) is 10.8 Å². The Balaban J connectivity index is 3.80. The molecule has 0 aliphatic rings. The average Bonchev–Trinajstić information content (AvgIpc) is 1.84. The van der Waals surface area contributed by atoms with E-state index < -0.39 is 11.8 Å². The lowest BCUT2D eigenvalue weighted by atomic mass is 10.2. The summed E-state index contributed by atoms with van der Waals surface area (Å²) in [5.74, 6) is -1.80. The third kappa shape index (κ3) is 1.59. The zero-order valence-electron chi connectivity index (χ0n) is 4.33. The first-order valence-corrected chi connectivity index (χ1v) is 2.05. The molecule has 0 radical (unpaired) electrons. The summed E-state index contributed by atoms with van der Waals surface area (Å²) >= 11 is 0. The zero-order valence-corrected chi connectivity index (χ0v) is 4.33. The molecule has 4 heteroatoms. The van der Waals surface area contributed by atoms with Gasteiger partial charge in [0, 0.05) is 5.18 Å². The number of amides is 1. The molecule has 0 aliphatic heterocycles. The van der Waals surface area contributed by atoms with E-state index in [0.717, 1.165) is 0 Å². The maximum atomic E-state index is 10.0. The molecule has 0 saturated heterocycles. The Bertz CT molecular complexity index is 120. The highest BCUT2D eigenvalue weighted by atomic mass is 16.3. The Morgan fingerprint density at radius 2 is 2.25 bits per heavy atom. The van der Waals surface area contributed by atoms with E-state index in [0.29, 0.717) is 6.29 Å². The van der Waals surface area contributed by atoms with Gasteiger partial charge >= 0.3 is 0 Å². The van der Waals surface area contributed by atoms with Crippen molar-refractivity contribution in [2.75, 3.05) is 0 Å². The second kappa shape index (κ2) is 3.01. The van der Waals surface area contributed by atoms with Gasteiger partial charge in [-0.05, 0) is 6.92 Å². The second-order valence-electron chi connectivity index (χ2n) is 1.35. The SMILES string of the molecule is CC(C=O)C(=O)N=O. The van der Waals surface area contributed by atoms with Gasteiger partial charge in [0.2, 0.25) is 0 Å². The fraction of sp³-hybridized carbons (Fsp3) is 0.500. The molecule has 0 aromatic rings. The molecule has 8 heavy (non-hydrogen) atoms. The van der Waals surface area contributed by atoms with E-state index >= 15 is 0 Å². The number of rotatable bonds is 2. The molecule has 0 fully saturated rings. The molecule has 0 bridgehead atoms. The molecule has 0 aromatic carbocycles. The van der Waals surface area contributed by atoms with Crippen LogP contribution in [-0.4, -0.2) is 12.2 Å². The van der Waals surface area contributed by atoms with Crippen molar-refractivity contribution < 1.29 is 9.59 Å². The van der Waals surface area contributed by atoms with Crippen molar-refractivity contribution in [1.29, 1.82) is 0 Å². The fourth-order valence-corrected chi connectivity index (χ4v) is 0.141. The quantitative estimate of drug-likeness (QED) is 0.291. The van der Waals surface area contributed by atoms with Crippen LogP contribution in [0.15, 0.2) is 5.18 Å². The first-order valence-electron chi connectivity index (χ1n) is 2.05. The number of nitrogens with zero attached hydrogens (tertiary/aromatic N) is 1. The first kappa shape index (κ1) is 6.94. The maximum absolute atomic E-state index is 10.0. The molecule has 0 rings (SSSR count). The van der Waals surface area contributed by atoms with Crippen LogP contribution in [0.25, 0.3) is 0 Å². The summed E-state index contributed by atoms with van der Waals surface area (Å²) in [7, 11) is 0. The third-order valence-corrected chi connectivity index (χ3v) is 0.684. The molecule has 1 amide bonds. The molecular formula is C4H5NO3. The Hall–Kier alpha value is -1.06. The van der Waals surface area contributed by atoms with Crippen molar-refractivity contribution in [1.82, 2.24) is 0 Å². The van der Waals surface area contributed by atoms with Crippen molar-refractivity contribution >= 4 is 12.2 Å². The Kier molecular flexibility index (Phi) is 2.61. The van der Waals surface area contributed by atoms with Crippen LogP contribution in [0.4, 0.5) is 0 Å². The Morgan fingerprint density at radius 1 is 1.75 bits per heavy atom. The van der Waals surface area contributed by atoms with Gasteiger partial charge in [-0.1, -0.05) is 0 Å². The summed E-state index contributed by atoms with van der Waals surface area (Å²) in [4.78, 5) is 29.1. The van der Waals surface area contributed by atoms with E-state index in [1.54, 1.807) is 0 Å². The Labute approximate surface area is 45.9 Å². The molecule has 0 aliphatic carbocycles. The summed E-state index contributed by atoms with van der Waals surface area (Å²) in [6.07, 6.45) is 0.379. The van der Waals surface area contributed by atoms with Crippen molar-refractivity contribution in [2.24, 2.45) is 11.1 Å². The van der Waals surface area contributed by atoms with Gasteiger partial charge in [-0.3, -0.25) is 4.79 Å². The summed E-state index contributed by atoms with van der Waals surface area (Å²) in [5.41, 5.74) is 0. The lowest BCUT2D eigenvalue weighted by Crippen LogP contribution is -2.07. The van der Waals surface area contributed by atoms with Crippen LogP contribution in [0.1, 0.15) is 6.92 Å². The van der Waals surface area contributed by atoms with Gasteiger partial charge in [0.15, 0.2) is 0 Å². The largest absolute Gasteiger partial charge is 0.303 e. The molecule has 0 N–H and O–H groups in total. The summed E-state index contributed by atoms with van der Waals surface area (Å²) in [6.45, 7) is 1.32. The van der Waals surface area contributed by atoms with Crippen molar-refractivity contribution in [3.05, 3.63) is 4.91 Å². The van der Waals surface area contributed by atoms with E-state index in [9.17, 15) is 14.5 Å². The van der Waals surface area contributed by atoms with Crippen molar-refractivity contribution in [2.45, 2.75) is 6.92 Å². The molecule has 0 saturated carbocycles. The average molecular weight is 115 g/mol. The number of hydrogen-bond acceptors (Lipinski definition) is 3. The smallest absolute Gasteiger partial charge is 0.296 e. The summed E-state index contributed by atoms with van der Waals surface area (Å²) in [6, 6.07) is 0. The standard InChI is InChI=1S/C4H5NO3/c1-3(2-6)4(7)5-8/h2-3H,1H3. The molecule has 4 nitrogen and oxygen atoms in total. The number of nitroso groups, excluding NO2 is 1. The van der Waals surface area contributed by atoms with Gasteiger partial charge in [0.25, 0.3) is 5.91 Å². The van der Waals surface area contributed by atoms with Gasteiger partial charge in [0.05, 0.1) is 5.92 Å². The van der Waals surface area contributed by atoms with Crippen LogP contribution in [0.2, 0.25) is 0 Å². The van der Waals surface area contributed by atoms with Crippen molar-refractivity contribution in [3.63, 3.8) is 0 Å². The minimum atomic E-state index is -0.917. The van der Waals surface area contributed by atoms with Crippen LogP contribution in [0.5, 0.6) is 0 Å². The monoisotopic (exact) mass is 115 g/mol. The van der Waals surface area contributed by atoms with Crippen LogP contribution in [0.3, 0.4) is 0 Å². The van der Waals surface area contributed by atoms with Crippen LogP contribution >= 0.6 is 0 Å². The predicted octanol–water partition coefficient (Wildman–Crippen LogP) is 0.114. The minimum Gasteiger partial charge on any atom is -0.303 e. The molecule has 0 heterocycles. The maximum Gasteiger partial charge on any atom is 0.296 e. The van der Waals surface area contributed by atoms with Gasteiger partial charge in [-0.25, -0.2) is 0 Å². The van der Waals surface area contributed by atoms with E-state index in [4.69, 9.17) is 0 Å². The molecule has 1 unspecified atom stereocenters. The molecule has 44 valence electrons. The van der Waals surface area contributed by atoms with E-state index in [-0.39, 0.29) is 0 Å². The zero-order chi connectivity index (χ0) is 6.57. The first-order chi connectivity index (χ1) is 3.72. The topological polar surface area (TPSA) is 63.6 Å². The lowest BCUT2D eigenvalue weighted by Gasteiger charge is -1.87. The summed E-state index contributed by atoms with van der Waals surface area (Å²) in [5, 5.41) is 2.04. The van der Waals surface area contributed by atoms with Crippen molar-refractivity contribution in [3.8, 4) is 0 Å². The highest BCUT2D eigenvalue weighted by molar-refractivity contribution is 5.91. The van der Waals surface area contributed by atoms with Gasteiger partial charge in [-0.2, -0.15) is 0 Å². The molecule has 1 atom stereocenters. The molecule has 0 aromatic heterocycles. The normalized spacial score (nSPS) is 12.1. The molecule has 0 spiro atoms. The van der Waals surface area contributed by atoms with Crippen LogP contribution < -0.4 is 0 Å².